The molecule has 28 heavy (non-hydrogen) atoms. The Labute approximate surface area is 166 Å². The van der Waals surface area contributed by atoms with Gasteiger partial charge in [0.2, 0.25) is 0 Å². The lowest BCUT2D eigenvalue weighted by atomic mass is 10.1. The Balaban J connectivity index is 1.56. The first kappa shape index (κ1) is 20.1. The van der Waals surface area contributed by atoms with Gasteiger partial charge in [0.05, 0.1) is 13.2 Å². The summed E-state index contributed by atoms with van der Waals surface area (Å²) >= 11 is 0. The van der Waals surface area contributed by atoms with Crippen LogP contribution < -0.4 is 15.4 Å². The zero-order valence-electron chi connectivity index (χ0n) is 17.0. The second-order valence-corrected chi connectivity index (χ2v) is 6.87. The molecule has 0 bridgehead atoms. The molecule has 0 atom stereocenters. The van der Waals surface area contributed by atoms with Crippen LogP contribution in [0, 0.1) is 6.92 Å². The van der Waals surface area contributed by atoms with Crippen LogP contribution in [0.2, 0.25) is 0 Å². The molecule has 0 fully saturated rings. The van der Waals surface area contributed by atoms with Gasteiger partial charge in [0.15, 0.2) is 11.8 Å². The Morgan fingerprint density at radius 2 is 2.04 bits per heavy atom. The van der Waals surface area contributed by atoms with Crippen molar-refractivity contribution in [2.45, 2.75) is 45.8 Å². The van der Waals surface area contributed by atoms with Gasteiger partial charge < -0.3 is 24.7 Å². The van der Waals surface area contributed by atoms with E-state index in [0.29, 0.717) is 26.3 Å². The molecule has 0 unspecified atom stereocenters. The van der Waals surface area contributed by atoms with Gasteiger partial charge in [-0.25, -0.2) is 0 Å². The van der Waals surface area contributed by atoms with Crippen molar-refractivity contribution in [2.75, 3.05) is 27.4 Å². The van der Waals surface area contributed by atoms with Crippen molar-refractivity contribution in [3.63, 3.8) is 0 Å². The van der Waals surface area contributed by atoms with E-state index in [-0.39, 0.29) is 0 Å². The van der Waals surface area contributed by atoms with Crippen molar-refractivity contribution in [1.82, 2.24) is 25.4 Å². The van der Waals surface area contributed by atoms with E-state index in [2.05, 4.69) is 49.4 Å². The fourth-order valence-electron chi connectivity index (χ4n) is 3.24. The van der Waals surface area contributed by atoms with Gasteiger partial charge in [0.25, 0.3) is 0 Å². The third-order valence-electron chi connectivity index (χ3n) is 4.79. The molecular formula is C20H30N6O2. The lowest BCUT2D eigenvalue weighted by Crippen LogP contribution is -2.37. The van der Waals surface area contributed by atoms with Crippen molar-refractivity contribution in [1.29, 1.82) is 0 Å². The van der Waals surface area contributed by atoms with E-state index in [9.17, 15) is 0 Å². The fourth-order valence-corrected chi connectivity index (χ4v) is 3.24. The van der Waals surface area contributed by atoms with Gasteiger partial charge in [-0.15, -0.1) is 10.2 Å². The van der Waals surface area contributed by atoms with Crippen LogP contribution in [-0.4, -0.2) is 48.1 Å². The molecule has 0 radical (unpaired) electrons. The van der Waals surface area contributed by atoms with Crippen LogP contribution in [0.15, 0.2) is 23.2 Å². The lowest BCUT2D eigenvalue weighted by Gasteiger charge is -2.17. The second-order valence-electron chi connectivity index (χ2n) is 6.87. The minimum atomic E-state index is 0.526. The van der Waals surface area contributed by atoms with Crippen LogP contribution in [0.3, 0.4) is 0 Å². The maximum atomic E-state index is 5.86. The largest absolute Gasteiger partial charge is 0.491 e. The van der Waals surface area contributed by atoms with E-state index in [1.807, 2.05) is 6.07 Å². The third-order valence-corrected chi connectivity index (χ3v) is 4.79. The summed E-state index contributed by atoms with van der Waals surface area (Å²) in [5, 5.41) is 15.3. The van der Waals surface area contributed by atoms with Crippen molar-refractivity contribution in [2.24, 2.45) is 4.99 Å². The Kier molecular flexibility index (Phi) is 7.25. The smallest absolute Gasteiger partial charge is 0.191 e. The zero-order chi connectivity index (χ0) is 19.8. The standard InChI is InChI=1S/C20H30N6O2/c1-15-7-8-16(17(12-15)28-11-10-27-3)13-22-20(21-2)23-14-19-25-24-18-6-4-5-9-26(18)19/h7-8,12H,4-6,9-11,13-14H2,1-3H3,(H2,21,22,23). The van der Waals surface area contributed by atoms with Crippen LogP contribution in [0.5, 0.6) is 5.75 Å². The summed E-state index contributed by atoms with van der Waals surface area (Å²) in [6, 6.07) is 6.21. The van der Waals surface area contributed by atoms with Crippen LogP contribution in [0.1, 0.15) is 35.6 Å². The minimum Gasteiger partial charge on any atom is -0.491 e. The average Bonchev–Trinajstić information content (AvgIpc) is 3.13. The molecule has 1 aromatic heterocycles. The summed E-state index contributed by atoms with van der Waals surface area (Å²) < 4.78 is 13.1. The predicted octanol–water partition coefficient (Wildman–Crippen LogP) is 1.81. The minimum absolute atomic E-state index is 0.526. The summed E-state index contributed by atoms with van der Waals surface area (Å²) in [6.45, 7) is 5.35. The summed E-state index contributed by atoms with van der Waals surface area (Å²) in [5.74, 6) is 3.63. The molecule has 1 aliphatic heterocycles. The highest BCUT2D eigenvalue weighted by molar-refractivity contribution is 5.79. The molecule has 3 rings (SSSR count). The highest BCUT2D eigenvalue weighted by Crippen LogP contribution is 2.20. The quantitative estimate of drug-likeness (QED) is 0.409. The number of hydrogen-bond acceptors (Lipinski definition) is 5. The van der Waals surface area contributed by atoms with Gasteiger partial charge in [-0.05, 0) is 31.4 Å². The Bertz CT molecular complexity index is 802. The number of guanidine groups is 1. The first-order chi connectivity index (χ1) is 13.7. The number of hydrogen-bond donors (Lipinski definition) is 2. The highest BCUT2D eigenvalue weighted by atomic mass is 16.5. The van der Waals surface area contributed by atoms with Gasteiger partial charge in [-0.1, -0.05) is 12.1 Å². The van der Waals surface area contributed by atoms with Gasteiger partial charge >= 0.3 is 0 Å². The fraction of sp³-hybridized carbons (Fsp3) is 0.550. The molecule has 0 saturated heterocycles. The molecule has 1 aliphatic rings. The molecule has 2 aromatic rings. The Hall–Kier alpha value is -2.61. The van der Waals surface area contributed by atoms with Crippen molar-refractivity contribution in [3.8, 4) is 5.75 Å². The van der Waals surface area contributed by atoms with Crippen molar-refractivity contribution >= 4 is 5.96 Å². The van der Waals surface area contributed by atoms with Gasteiger partial charge in [-0.3, -0.25) is 4.99 Å². The number of benzene rings is 1. The van der Waals surface area contributed by atoms with Crippen LogP contribution >= 0.6 is 0 Å². The van der Waals surface area contributed by atoms with E-state index < -0.39 is 0 Å². The molecule has 152 valence electrons. The number of methoxy groups -OCH3 is 1. The average molecular weight is 387 g/mol. The molecule has 0 saturated carbocycles. The second kappa shape index (κ2) is 10.1. The van der Waals surface area contributed by atoms with Gasteiger partial charge in [0.1, 0.15) is 18.2 Å². The van der Waals surface area contributed by atoms with E-state index >= 15 is 0 Å². The molecule has 8 heteroatoms. The van der Waals surface area contributed by atoms with Crippen molar-refractivity contribution < 1.29 is 9.47 Å². The molecule has 0 spiro atoms. The molecule has 1 aromatic carbocycles. The number of nitrogens with one attached hydrogen (secondary N) is 2. The highest BCUT2D eigenvalue weighted by Gasteiger charge is 2.15. The van der Waals surface area contributed by atoms with E-state index in [1.54, 1.807) is 14.2 Å². The van der Waals surface area contributed by atoms with Crippen LogP contribution in [0.4, 0.5) is 0 Å². The topological polar surface area (TPSA) is 85.6 Å². The van der Waals surface area contributed by atoms with Gasteiger partial charge in [0, 0.05) is 39.2 Å². The van der Waals surface area contributed by atoms with E-state index in [4.69, 9.17) is 9.47 Å². The molecular weight excluding hydrogens is 356 g/mol. The van der Waals surface area contributed by atoms with Crippen LogP contribution in [0.25, 0.3) is 0 Å². The number of nitrogens with zero attached hydrogens (tertiary/aromatic N) is 4. The Morgan fingerprint density at radius 1 is 1.18 bits per heavy atom. The molecule has 0 amide bonds. The number of rotatable bonds is 8. The normalized spacial score (nSPS) is 13.9. The number of aliphatic imine (C=N–C) groups is 1. The zero-order valence-corrected chi connectivity index (χ0v) is 17.0. The third kappa shape index (κ3) is 5.22. The summed E-state index contributed by atoms with van der Waals surface area (Å²) in [7, 11) is 3.43. The predicted molar refractivity (Wildman–Crippen MR) is 109 cm³/mol. The number of aryl methyl sites for hydroxylation is 2. The first-order valence-electron chi connectivity index (χ1n) is 9.78. The number of ether oxygens (including phenoxy) is 2. The van der Waals surface area contributed by atoms with E-state index in [1.165, 1.54) is 12.8 Å². The molecule has 0 aliphatic carbocycles. The van der Waals surface area contributed by atoms with Gasteiger partial charge in [-0.2, -0.15) is 0 Å². The monoisotopic (exact) mass is 386 g/mol. The summed E-state index contributed by atoms with van der Waals surface area (Å²) in [5.41, 5.74) is 2.24. The maximum absolute atomic E-state index is 5.86. The Morgan fingerprint density at radius 3 is 2.86 bits per heavy atom. The first-order valence-corrected chi connectivity index (χ1v) is 9.78. The molecule has 8 nitrogen and oxygen atoms in total. The van der Waals surface area contributed by atoms with E-state index in [0.717, 1.165) is 47.5 Å². The molecule has 2 heterocycles. The summed E-state index contributed by atoms with van der Waals surface area (Å²) in [6.07, 6.45) is 3.39. The molecule has 2 N–H and O–H groups in total. The number of aromatic nitrogens is 3. The van der Waals surface area contributed by atoms with Crippen molar-refractivity contribution in [3.05, 3.63) is 41.0 Å². The lowest BCUT2D eigenvalue weighted by molar-refractivity contribution is 0.145. The number of fused-ring (bicyclic) bond motifs is 1. The summed E-state index contributed by atoms with van der Waals surface area (Å²) in [4.78, 5) is 4.31. The SMILES string of the molecule is CN=C(NCc1ccc(C)cc1OCCOC)NCc1nnc2n1CCCC2. The van der Waals surface area contributed by atoms with Crippen LogP contribution in [-0.2, 0) is 30.8 Å². The maximum Gasteiger partial charge on any atom is 0.191 e.